The van der Waals surface area contributed by atoms with E-state index in [1.165, 1.54) is 18.4 Å². The lowest BCUT2D eigenvalue weighted by atomic mass is 9.42. The molecule has 2 spiro atoms. The van der Waals surface area contributed by atoms with E-state index in [1.54, 1.807) is 6.08 Å². The van der Waals surface area contributed by atoms with Crippen LogP contribution in [0.4, 0.5) is 0 Å². The van der Waals surface area contributed by atoms with Crippen molar-refractivity contribution in [2.24, 2.45) is 39.4 Å². The number of allylic oxidation sites excluding steroid dienone is 2. The average Bonchev–Trinajstić information content (AvgIpc) is 3.42. The minimum absolute atomic E-state index is 0.0511. The smallest absolute Gasteiger partial charge is 0.184 e. The molecule has 8 atom stereocenters. The third-order valence-electron chi connectivity index (χ3n) is 11.2. The van der Waals surface area contributed by atoms with E-state index >= 15 is 0 Å². The molecule has 2 aliphatic heterocycles. The molecule has 0 amide bonds. The predicted octanol–water partition coefficient (Wildman–Crippen LogP) is 3.96. The zero-order valence-corrected chi connectivity index (χ0v) is 18.9. The summed E-state index contributed by atoms with van der Waals surface area (Å²) in [4.78, 5) is 12.4. The van der Waals surface area contributed by atoms with Crippen LogP contribution in [-0.2, 0) is 14.3 Å². The summed E-state index contributed by atoms with van der Waals surface area (Å²) in [6.45, 7) is 7.93. The van der Waals surface area contributed by atoms with Crippen LogP contribution in [0.15, 0.2) is 23.5 Å². The largest absolute Gasteiger partial charge is 0.515 e. The number of rotatable bonds is 0. The molecule has 0 aromatic rings. The van der Waals surface area contributed by atoms with Gasteiger partial charge in [0.1, 0.15) is 0 Å². The molecule has 5 fully saturated rings. The van der Waals surface area contributed by atoms with Crippen LogP contribution < -0.4 is 0 Å². The lowest BCUT2D eigenvalue weighted by molar-refractivity contribution is -0.162. The Bertz CT molecular complexity index is 864. The lowest BCUT2D eigenvalue weighted by Crippen LogP contribution is -2.61. The third kappa shape index (κ3) is 2.31. The molecule has 0 aromatic carbocycles. The summed E-state index contributed by atoms with van der Waals surface area (Å²) in [6, 6.07) is 0. The average molecular weight is 429 g/mol. The SMILES string of the molecule is C[C@]12C/C(=C/O)C(=O)C=C1CCC1C2[C@@H](O)C[C@@]2(C)C1CC[C@@]21COCC12CCOC2. The maximum atomic E-state index is 12.4. The van der Waals surface area contributed by atoms with Crippen LogP contribution in [0.1, 0.15) is 58.8 Å². The van der Waals surface area contributed by atoms with Gasteiger partial charge in [-0.05, 0) is 79.6 Å². The van der Waals surface area contributed by atoms with Crippen LogP contribution in [0.5, 0.6) is 0 Å². The summed E-state index contributed by atoms with van der Waals surface area (Å²) >= 11 is 0. The van der Waals surface area contributed by atoms with Crippen LogP contribution in [-0.4, -0.2) is 48.5 Å². The molecular weight excluding hydrogens is 392 g/mol. The molecule has 0 aromatic heterocycles. The molecule has 5 heteroatoms. The Morgan fingerprint density at radius 3 is 2.68 bits per heavy atom. The molecule has 31 heavy (non-hydrogen) atoms. The number of hydrogen-bond donors (Lipinski definition) is 2. The first-order valence-electron chi connectivity index (χ1n) is 12.2. The van der Waals surface area contributed by atoms with E-state index in [0.717, 1.165) is 58.4 Å². The molecule has 5 nitrogen and oxygen atoms in total. The summed E-state index contributed by atoms with van der Waals surface area (Å²) < 4.78 is 12.1. The molecule has 4 unspecified atom stereocenters. The number of ether oxygens (including phenoxy) is 2. The van der Waals surface area contributed by atoms with E-state index in [1.807, 2.05) is 0 Å². The maximum absolute atomic E-state index is 12.4. The third-order valence-corrected chi connectivity index (χ3v) is 11.2. The molecule has 0 bridgehead atoms. The molecule has 2 N–H and O–H groups in total. The van der Waals surface area contributed by atoms with Gasteiger partial charge in [-0.1, -0.05) is 19.4 Å². The van der Waals surface area contributed by atoms with Crippen molar-refractivity contribution in [1.82, 2.24) is 0 Å². The quantitative estimate of drug-likeness (QED) is 0.451. The van der Waals surface area contributed by atoms with Crippen LogP contribution in [0.2, 0.25) is 0 Å². The fourth-order valence-corrected chi connectivity index (χ4v) is 9.82. The topological polar surface area (TPSA) is 76.0 Å². The van der Waals surface area contributed by atoms with Gasteiger partial charge in [-0.15, -0.1) is 0 Å². The Hall–Kier alpha value is -1.17. The van der Waals surface area contributed by atoms with Crippen molar-refractivity contribution in [2.45, 2.75) is 64.9 Å². The fraction of sp³-hybridized carbons (Fsp3) is 0.808. The Morgan fingerprint density at radius 2 is 1.94 bits per heavy atom. The van der Waals surface area contributed by atoms with Gasteiger partial charge in [-0.2, -0.15) is 0 Å². The number of fused-ring (bicyclic) bond motifs is 7. The van der Waals surface area contributed by atoms with Gasteiger partial charge in [0.2, 0.25) is 0 Å². The second-order valence-corrected chi connectivity index (χ2v) is 12.0. The van der Waals surface area contributed by atoms with Gasteiger partial charge in [-0.25, -0.2) is 0 Å². The van der Waals surface area contributed by atoms with E-state index in [4.69, 9.17) is 9.47 Å². The Morgan fingerprint density at radius 1 is 1.13 bits per heavy atom. The number of ketones is 1. The summed E-state index contributed by atoms with van der Waals surface area (Å²) in [5.74, 6) is 1.09. The first kappa shape index (κ1) is 20.4. The number of aliphatic hydroxyl groups excluding tert-OH is 2. The number of carbonyl (C=O) groups excluding carboxylic acids is 1. The summed E-state index contributed by atoms with van der Waals surface area (Å²) in [5.41, 5.74) is 1.68. The second-order valence-electron chi connectivity index (χ2n) is 12.0. The van der Waals surface area contributed by atoms with Crippen molar-refractivity contribution >= 4 is 5.78 Å². The zero-order chi connectivity index (χ0) is 21.6. The molecule has 0 radical (unpaired) electrons. The summed E-state index contributed by atoms with van der Waals surface area (Å²) in [5, 5.41) is 21.4. The molecule has 3 saturated carbocycles. The van der Waals surface area contributed by atoms with Crippen LogP contribution in [0.3, 0.4) is 0 Å². The van der Waals surface area contributed by atoms with Crippen molar-refractivity contribution in [3.8, 4) is 0 Å². The van der Waals surface area contributed by atoms with Gasteiger partial charge in [0.05, 0.1) is 32.2 Å². The van der Waals surface area contributed by atoms with Crippen LogP contribution in [0.25, 0.3) is 0 Å². The molecule has 2 saturated heterocycles. The second kappa shape index (κ2) is 6.45. The van der Waals surface area contributed by atoms with E-state index in [9.17, 15) is 15.0 Å². The van der Waals surface area contributed by atoms with Gasteiger partial charge in [0.25, 0.3) is 0 Å². The zero-order valence-electron chi connectivity index (χ0n) is 18.9. The van der Waals surface area contributed by atoms with Gasteiger partial charge < -0.3 is 19.7 Å². The highest BCUT2D eigenvalue weighted by atomic mass is 16.5. The number of hydrogen-bond acceptors (Lipinski definition) is 5. The maximum Gasteiger partial charge on any atom is 0.184 e. The number of aliphatic hydroxyl groups is 2. The molecule has 170 valence electrons. The molecule has 6 rings (SSSR count). The highest BCUT2D eigenvalue weighted by molar-refractivity contribution is 6.05. The Kier molecular flexibility index (Phi) is 4.25. The standard InChI is InChI=1S/C26H36O5/c1-23-10-16(12-27)20(28)9-17(23)3-4-18-19-5-6-26(24(19,2)11-21(29)22(18)23)15-31-14-25(26)7-8-30-13-25/h9,12,18-19,21-22,27,29H,3-8,10-11,13-15H2,1-2H3/b16-12-/t18?,19?,21-,22?,23-,24-,25?,26+/m0/s1. The molecular formula is C26H36O5. The highest BCUT2D eigenvalue weighted by Gasteiger charge is 2.73. The fourth-order valence-electron chi connectivity index (χ4n) is 9.82. The van der Waals surface area contributed by atoms with Gasteiger partial charge in [0, 0.05) is 23.0 Å². The minimum atomic E-state index is -0.400. The molecule has 4 aliphatic carbocycles. The van der Waals surface area contributed by atoms with E-state index < -0.39 is 6.10 Å². The summed E-state index contributed by atoms with van der Waals surface area (Å²) in [6.07, 6.45) is 9.14. The Labute approximate surface area is 184 Å². The molecule has 2 heterocycles. The van der Waals surface area contributed by atoms with Gasteiger partial charge in [-0.3, -0.25) is 4.79 Å². The Balaban J connectivity index is 1.41. The lowest BCUT2D eigenvalue weighted by Gasteiger charge is -2.62. The van der Waals surface area contributed by atoms with Crippen molar-refractivity contribution in [2.75, 3.05) is 26.4 Å². The first-order chi connectivity index (χ1) is 14.8. The monoisotopic (exact) mass is 428 g/mol. The van der Waals surface area contributed by atoms with Crippen LogP contribution in [0, 0.1) is 39.4 Å². The van der Waals surface area contributed by atoms with E-state index in [-0.39, 0.29) is 33.4 Å². The van der Waals surface area contributed by atoms with Crippen molar-refractivity contribution < 1.29 is 24.5 Å². The van der Waals surface area contributed by atoms with E-state index in [2.05, 4.69) is 13.8 Å². The van der Waals surface area contributed by atoms with Crippen molar-refractivity contribution in [1.29, 1.82) is 0 Å². The summed E-state index contributed by atoms with van der Waals surface area (Å²) in [7, 11) is 0. The van der Waals surface area contributed by atoms with Gasteiger partial charge in [0.15, 0.2) is 5.78 Å². The van der Waals surface area contributed by atoms with Crippen molar-refractivity contribution in [3.63, 3.8) is 0 Å². The van der Waals surface area contributed by atoms with Crippen molar-refractivity contribution in [3.05, 3.63) is 23.5 Å². The van der Waals surface area contributed by atoms with Gasteiger partial charge >= 0.3 is 0 Å². The first-order valence-corrected chi connectivity index (χ1v) is 12.2. The minimum Gasteiger partial charge on any atom is -0.515 e. The van der Waals surface area contributed by atoms with E-state index in [0.29, 0.717) is 23.8 Å². The number of carbonyl (C=O) groups is 1. The normalized spacial score (nSPS) is 54.9. The van der Waals surface area contributed by atoms with Crippen LogP contribution >= 0.6 is 0 Å². The predicted molar refractivity (Wildman–Crippen MR) is 115 cm³/mol. The molecule has 6 aliphatic rings. The highest BCUT2D eigenvalue weighted by Crippen LogP contribution is 2.75.